The van der Waals surface area contributed by atoms with Crippen LogP contribution in [-0.2, 0) is 5.41 Å². The predicted octanol–water partition coefficient (Wildman–Crippen LogP) is 2.48. The smallest absolute Gasteiger partial charge is 0.141 e. The maximum atomic E-state index is 13.2. The van der Waals surface area contributed by atoms with E-state index in [0.717, 1.165) is 31.5 Å². The van der Waals surface area contributed by atoms with Crippen molar-refractivity contribution in [2.45, 2.75) is 24.7 Å². The number of hydrogen-bond acceptors (Lipinski definition) is 2. The van der Waals surface area contributed by atoms with Crippen LogP contribution in [0, 0.1) is 5.82 Å². The average Bonchev–Trinajstić information content (AvgIpc) is 2.34. The third kappa shape index (κ3) is 2.62. The van der Waals surface area contributed by atoms with E-state index in [1.165, 1.54) is 6.07 Å². The third-order valence-electron chi connectivity index (χ3n) is 3.59. The monoisotopic (exact) mass is 257 g/mol. The van der Waals surface area contributed by atoms with Gasteiger partial charge in [-0.05, 0) is 43.5 Å². The first kappa shape index (κ1) is 12.8. The predicted molar refractivity (Wildman–Crippen MR) is 66.9 cm³/mol. The van der Waals surface area contributed by atoms with Gasteiger partial charge in [0, 0.05) is 18.6 Å². The zero-order valence-corrected chi connectivity index (χ0v) is 10.4. The second kappa shape index (κ2) is 5.34. The lowest BCUT2D eigenvalue weighted by molar-refractivity contribution is 0.207. The first-order chi connectivity index (χ1) is 8.18. The van der Waals surface area contributed by atoms with Crippen molar-refractivity contribution in [2.24, 2.45) is 0 Å². The Hall–Kier alpha value is -0.640. The maximum Gasteiger partial charge on any atom is 0.141 e. The molecule has 1 atom stereocenters. The Bertz CT molecular complexity index is 385. The van der Waals surface area contributed by atoms with Crippen molar-refractivity contribution in [1.29, 1.82) is 0 Å². The third-order valence-corrected chi connectivity index (χ3v) is 3.88. The number of halogens is 2. The number of benzene rings is 1. The van der Waals surface area contributed by atoms with E-state index < -0.39 is 5.82 Å². The van der Waals surface area contributed by atoms with Gasteiger partial charge < -0.3 is 10.4 Å². The molecule has 0 amide bonds. The molecule has 1 aromatic carbocycles. The summed E-state index contributed by atoms with van der Waals surface area (Å²) in [5.41, 5.74) is 0.912. The molecule has 2 nitrogen and oxygen atoms in total. The van der Waals surface area contributed by atoms with E-state index in [0.29, 0.717) is 6.42 Å². The summed E-state index contributed by atoms with van der Waals surface area (Å²) in [6.45, 7) is 1.95. The molecule has 1 aromatic rings. The minimum absolute atomic E-state index is 0.107. The highest BCUT2D eigenvalue weighted by molar-refractivity contribution is 6.30. The fourth-order valence-corrected chi connectivity index (χ4v) is 2.79. The molecule has 0 saturated carbocycles. The van der Waals surface area contributed by atoms with Gasteiger partial charge in [-0.1, -0.05) is 17.7 Å². The van der Waals surface area contributed by atoms with Crippen molar-refractivity contribution < 1.29 is 9.50 Å². The lowest BCUT2D eigenvalue weighted by atomic mass is 9.72. The first-order valence-electron chi connectivity index (χ1n) is 5.95. The fourth-order valence-electron chi connectivity index (χ4n) is 2.61. The van der Waals surface area contributed by atoms with Crippen LogP contribution in [0.25, 0.3) is 0 Å². The van der Waals surface area contributed by atoms with Crippen molar-refractivity contribution in [2.75, 3.05) is 19.7 Å². The molecule has 2 rings (SSSR count). The van der Waals surface area contributed by atoms with E-state index in [1.54, 1.807) is 12.1 Å². The number of piperidine rings is 1. The Morgan fingerprint density at radius 1 is 1.47 bits per heavy atom. The normalized spacial score (nSPS) is 24.9. The van der Waals surface area contributed by atoms with Gasteiger partial charge in [0.15, 0.2) is 0 Å². The highest BCUT2D eigenvalue weighted by Crippen LogP contribution is 2.36. The molecule has 94 valence electrons. The largest absolute Gasteiger partial charge is 0.396 e. The molecule has 1 aliphatic heterocycles. The Morgan fingerprint density at radius 3 is 2.88 bits per heavy atom. The Balaban J connectivity index is 2.34. The summed E-state index contributed by atoms with van der Waals surface area (Å²) in [6.07, 6.45) is 2.75. The Kier molecular flexibility index (Phi) is 4.02. The van der Waals surface area contributed by atoms with Crippen LogP contribution in [0.15, 0.2) is 18.2 Å². The van der Waals surface area contributed by atoms with E-state index in [-0.39, 0.29) is 17.0 Å². The van der Waals surface area contributed by atoms with E-state index in [9.17, 15) is 9.50 Å². The minimum Gasteiger partial charge on any atom is -0.396 e. The average molecular weight is 258 g/mol. The fraction of sp³-hybridized carbons (Fsp3) is 0.538. The van der Waals surface area contributed by atoms with Gasteiger partial charge in [0.05, 0.1) is 5.02 Å². The lowest BCUT2D eigenvalue weighted by Crippen LogP contribution is -2.44. The molecule has 17 heavy (non-hydrogen) atoms. The van der Waals surface area contributed by atoms with Gasteiger partial charge in [-0.3, -0.25) is 0 Å². The molecule has 0 radical (unpaired) electrons. The van der Waals surface area contributed by atoms with Gasteiger partial charge in [-0.15, -0.1) is 0 Å². The van der Waals surface area contributed by atoms with Crippen LogP contribution >= 0.6 is 11.6 Å². The summed E-state index contributed by atoms with van der Waals surface area (Å²) in [4.78, 5) is 0. The highest BCUT2D eigenvalue weighted by atomic mass is 35.5. The van der Waals surface area contributed by atoms with Crippen molar-refractivity contribution >= 4 is 11.6 Å². The van der Waals surface area contributed by atoms with E-state index in [2.05, 4.69) is 5.32 Å². The molecule has 1 saturated heterocycles. The standard InChI is InChI=1S/C13H17ClFNO/c14-11-8-10(2-3-12(11)15)13(5-7-17)4-1-6-16-9-13/h2-3,8,16-17H,1,4-7,9H2. The van der Waals surface area contributed by atoms with Gasteiger partial charge in [-0.25, -0.2) is 4.39 Å². The van der Waals surface area contributed by atoms with E-state index in [1.807, 2.05) is 0 Å². The van der Waals surface area contributed by atoms with Crippen LogP contribution < -0.4 is 5.32 Å². The molecule has 1 heterocycles. The molecule has 2 N–H and O–H groups in total. The molecule has 1 unspecified atom stereocenters. The van der Waals surface area contributed by atoms with Gasteiger partial charge in [0.1, 0.15) is 5.82 Å². The van der Waals surface area contributed by atoms with Crippen LogP contribution in [0.2, 0.25) is 5.02 Å². The second-order valence-corrected chi connectivity index (χ2v) is 5.07. The Morgan fingerprint density at radius 2 is 2.29 bits per heavy atom. The lowest BCUT2D eigenvalue weighted by Gasteiger charge is -2.38. The van der Waals surface area contributed by atoms with Gasteiger partial charge in [0.25, 0.3) is 0 Å². The van der Waals surface area contributed by atoms with E-state index >= 15 is 0 Å². The molecule has 4 heteroatoms. The maximum absolute atomic E-state index is 13.2. The number of nitrogens with one attached hydrogen (secondary N) is 1. The number of aliphatic hydroxyl groups excluding tert-OH is 1. The Labute approximate surface area is 106 Å². The summed E-state index contributed by atoms with van der Waals surface area (Å²) in [6, 6.07) is 4.88. The molecule has 0 aliphatic carbocycles. The van der Waals surface area contributed by atoms with Gasteiger partial charge in [-0.2, -0.15) is 0 Å². The van der Waals surface area contributed by atoms with Crippen molar-refractivity contribution in [3.8, 4) is 0 Å². The number of hydrogen-bond donors (Lipinski definition) is 2. The van der Waals surface area contributed by atoms with Crippen molar-refractivity contribution in [3.63, 3.8) is 0 Å². The van der Waals surface area contributed by atoms with Gasteiger partial charge in [0.2, 0.25) is 0 Å². The van der Waals surface area contributed by atoms with E-state index in [4.69, 9.17) is 11.6 Å². The molecular weight excluding hydrogens is 241 g/mol. The van der Waals surface area contributed by atoms with Crippen LogP contribution in [0.3, 0.4) is 0 Å². The SMILES string of the molecule is OCCC1(c2ccc(F)c(Cl)c2)CCCNC1. The molecular formula is C13H17ClFNO. The number of aliphatic hydroxyl groups is 1. The zero-order valence-electron chi connectivity index (χ0n) is 9.68. The number of rotatable bonds is 3. The topological polar surface area (TPSA) is 32.3 Å². The second-order valence-electron chi connectivity index (χ2n) is 4.66. The molecule has 1 aliphatic rings. The quantitative estimate of drug-likeness (QED) is 0.872. The zero-order chi connectivity index (χ0) is 12.3. The van der Waals surface area contributed by atoms with Crippen LogP contribution in [-0.4, -0.2) is 24.8 Å². The van der Waals surface area contributed by atoms with Crippen molar-refractivity contribution in [1.82, 2.24) is 5.32 Å². The van der Waals surface area contributed by atoms with Gasteiger partial charge >= 0.3 is 0 Å². The molecule has 1 fully saturated rings. The van der Waals surface area contributed by atoms with Crippen LogP contribution in [0.1, 0.15) is 24.8 Å². The first-order valence-corrected chi connectivity index (χ1v) is 6.33. The molecule has 0 spiro atoms. The van der Waals surface area contributed by atoms with Crippen LogP contribution in [0.5, 0.6) is 0 Å². The summed E-state index contributed by atoms with van der Waals surface area (Å²) in [5.74, 6) is -0.390. The van der Waals surface area contributed by atoms with Crippen LogP contribution in [0.4, 0.5) is 4.39 Å². The summed E-state index contributed by atoms with van der Waals surface area (Å²) < 4.78 is 13.2. The molecule has 0 bridgehead atoms. The summed E-state index contributed by atoms with van der Waals surface area (Å²) in [7, 11) is 0. The molecule has 0 aromatic heterocycles. The summed E-state index contributed by atoms with van der Waals surface area (Å²) >= 11 is 5.84. The summed E-state index contributed by atoms with van der Waals surface area (Å²) in [5, 5.41) is 12.7. The highest BCUT2D eigenvalue weighted by Gasteiger charge is 2.33. The van der Waals surface area contributed by atoms with Crippen molar-refractivity contribution in [3.05, 3.63) is 34.6 Å². The minimum atomic E-state index is -0.390.